The van der Waals surface area contributed by atoms with Crippen molar-refractivity contribution in [3.63, 3.8) is 0 Å². The van der Waals surface area contributed by atoms with Gasteiger partial charge >= 0.3 is 0 Å². The summed E-state index contributed by atoms with van der Waals surface area (Å²) in [5.74, 6) is 1.16. The van der Waals surface area contributed by atoms with Gasteiger partial charge in [-0.05, 0) is 49.6 Å². The minimum absolute atomic E-state index is 0. The zero-order valence-corrected chi connectivity index (χ0v) is 19.3. The largest absolute Gasteiger partial charge is 0.357 e. The molecule has 0 spiro atoms. The number of anilines is 1. The van der Waals surface area contributed by atoms with Crippen LogP contribution in [0.4, 0.5) is 5.82 Å². The summed E-state index contributed by atoms with van der Waals surface area (Å²) in [6.07, 6.45) is 2.88. The summed E-state index contributed by atoms with van der Waals surface area (Å²) in [6, 6.07) is 11.5. The molecule has 0 aliphatic heterocycles. The van der Waals surface area contributed by atoms with Gasteiger partial charge in [0, 0.05) is 30.7 Å². The average molecular weight is 516 g/mol. The molecule has 2 rings (SSSR count). The summed E-state index contributed by atoms with van der Waals surface area (Å²) in [6.45, 7) is 5.86. The predicted octanol–water partition coefficient (Wildman–Crippen LogP) is 3.79. The maximum absolute atomic E-state index is 12.0. The summed E-state index contributed by atoms with van der Waals surface area (Å²) >= 11 is 5.90. The summed E-state index contributed by atoms with van der Waals surface area (Å²) in [4.78, 5) is 20.6. The minimum atomic E-state index is -0.105. The smallest absolute Gasteiger partial charge is 0.227 e. The number of aromatic nitrogens is 1. The first kappa shape index (κ1) is 24.2. The molecule has 0 bridgehead atoms. The third-order valence-electron chi connectivity index (χ3n) is 3.75. The van der Waals surface area contributed by atoms with Crippen molar-refractivity contribution < 1.29 is 4.79 Å². The zero-order valence-electron chi connectivity index (χ0n) is 16.2. The minimum Gasteiger partial charge on any atom is -0.357 e. The van der Waals surface area contributed by atoms with Gasteiger partial charge in [-0.2, -0.15) is 0 Å². The first-order chi connectivity index (χ1) is 13.1. The number of aryl methyl sites for hydroxylation is 1. The van der Waals surface area contributed by atoms with Crippen LogP contribution in [0.3, 0.4) is 0 Å². The van der Waals surface area contributed by atoms with Gasteiger partial charge in [0.1, 0.15) is 5.82 Å². The Morgan fingerprint density at radius 2 is 1.89 bits per heavy atom. The molecule has 0 fully saturated rings. The van der Waals surface area contributed by atoms with Crippen LogP contribution in [0.25, 0.3) is 0 Å². The first-order valence-corrected chi connectivity index (χ1v) is 9.43. The number of nitrogens with one attached hydrogen (secondary N) is 3. The van der Waals surface area contributed by atoms with E-state index in [1.165, 1.54) is 5.56 Å². The molecule has 0 aliphatic carbocycles. The number of rotatable bonds is 8. The molecule has 0 saturated heterocycles. The lowest BCUT2D eigenvalue weighted by Gasteiger charge is -2.11. The van der Waals surface area contributed by atoms with E-state index in [1.54, 1.807) is 12.3 Å². The Bertz CT molecular complexity index is 750. The lowest BCUT2D eigenvalue weighted by Crippen LogP contribution is -2.38. The third-order valence-corrected chi connectivity index (χ3v) is 4.00. The fourth-order valence-corrected chi connectivity index (χ4v) is 2.46. The Kier molecular flexibility index (Phi) is 11.5. The van der Waals surface area contributed by atoms with Crippen molar-refractivity contribution >= 4 is 53.3 Å². The molecule has 28 heavy (non-hydrogen) atoms. The van der Waals surface area contributed by atoms with Crippen LogP contribution in [0.2, 0.25) is 5.02 Å². The van der Waals surface area contributed by atoms with Gasteiger partial charge in [-0.15, -0.1) is 24.0 Å². The van der Waals surface area contributed by atoms with Gasteiger partial charge in [-0.25, -0.2) is 4.98 Å². The third kappa shape index (κ3) is 9.36. The van der Waals surface area contributed by atoms with Crippen LogP contribution in [0, 0.1) is 6.92 Å². The highest BCUT2D eigenvalue weighted by molar-refractivity contribution is 14.0. The van der Waals surface area contributed by atoms with E-state index in [-0.39, 0.29) is 29.9 Å². The SMILES string of the molecule is CCNC(=NCCC(=O)Nc1ccc(C)cn1)NCCc1ccc(Cl)cc1.I. The maximum atomic E-state index is 12.0. The van der Waals surface area contributed by atoms with Crippen molar-refractivity contribution in [2.75, 3.05) is 25.0 Å². The number of guanidine groups is 1. The Balaban J connectivity index is 0.00000392. The summed E-state index contributed by atoms with van der Waals surface area (Å²) in [5, 5.41) is 9.97. The quantitative estimate of drug-likeness (QED) is 0.284. The standard InChI is InChI=1S/C20H26ClN5O.HI/c1-3-22-20(23-12-10-16-5-7-17(21)8-6-16)24-13-11-19(27)26-18-9-4-15(2)14-25-18;/h4-9,14H,3,10-13H2,1-2H3,(H2,22,23,24)(H,25,26,27);1H. The van der Waals surface area contributed by atoms with E-state index in [4.69, 9.17) is 11.6 Å². The second-order valence-electron chi connectivity index (χ2n) is 6.08. The van der Waals surface area contributed by atoms with E-state index in [0.29, 0.717) is 24.7 Å². The Morgan fingerprint density at radius 3 is 2.54 bits per heavy atom. The highest BCUT2D eigenvalue weighted by Gasteiger charge is 2.04. The fourth-order valence-electron chi connectivity index (χ4n) is 2.33. The molecule has 152 valence electrons. The predicted molar refractivity (Wildman–Crippen MR) is 127 cm³/mol. The molecule has 0 unspecified atom stereocenters. The average Bonchev–Trinajstić information content (AvgIpc) is 2.65. The van der Waals surface area contributed by atoms with Crippen LogP contribution in [-0.4, -0.2) is 36.5 Å². The highest BCUT2D eigenvalue weighted by atomic mass is 127. The van der Waals surface area contributed by atoms with E-state index >= 15 is 0 Å². The molecule has 3 N–H and O–H groups in total. The molecule has 1 heterocycles. The van der Waals surface area contributed by atoms with Gasteiger partial charge in [0.2, 0.25) is 5.91 Å². The van der Waals surface area contributed by atoms with Crippen LogP contribution in [0.5, 0.6) is 0 Å². The molecular weight excluding hydrogens is 489 g/mol. The first-order valence-electron chi connectivity index (χ1n) is 9.06. The van der Waals surface area contributed by atoms with E-state index in [1.807, 2.05) is 44.2 Å². The van der Waals surface area contributed by atoms with Crippen molar-refractivity contribution in [3.05, 3.63) is 58.7 Å². The fraction of sp³-hybridized carbons (Fsp3) is 0.350. The Labute approximate surface area is 188 Å². The molecule has 0 aliphatic rings. The number of nitrogens with zero attached hydrogens (tertiary/aromatic N) is 2. The molecule has 1 aromatic heterocycles. The van der Waals surface area contributed by atoms with Gasteiger partial charge in [-0.1, -0.05) is 29.8 Å². The summed E-state index contributed by atoms with van der Waals surface area (Å²) in [7, 11) is 0. The number of carbonyl (C=O) groups is 1. The highest BCUT2D eigenvalue weighted by Crippen LogP contribution is 2.09. The van der Waals surface area contributed by atoms with Crippen molar-refractivity contribution in [2.45, 2.75) is 26.7 Å². The van der Waals surface area contributed by atoms with E-state index in [9.17, 15) is 4.79 Å². The number of benzene rings is 1. The summed E-state index contributed by atoms with van der Waals surface area (Å²) < 4.78 is 0. The molecular formula is C20H27ClIN5O. The molecule has 8 heteroatoms. The van der Waals surface area contributed by atoms with Crippen LogP contribution < -0.4 is 16.0 Å². The number of aliphatic imine (C=N–C) groups is 1. The van der Waals surface area contributed by atoms with E-state index in [0.717, 1.165) is 30.1 Å². The summed E-state index contributed by atoms with van der Waals surface area (Å²) in [5.41, 5.74) is 2.25. The lowest BCUT2D eigenvalue weighted by molar-refractivity contribution is -0.116. The topological polar surface area (TPSA) is 78.4 Å². The Hall–Kier alpha value is -1.87. The van der Waals surface area contributed by atoms with Crippen LogP contribution in [0.1, 0.15) is 24.5 Å². The van der Waals surface area contributed by atoms with Crippen molar-refractivity contribution in [3.8, 4) is 0 Å². The molecule has 1 amide bonds. The number of halogens is 2. The van der Waals surface area contributed by atoms with Gasteiger partial charge in [0.05, 0.1) is 6.54 Å². The molecule has 0 radical (unpaired) electrons. The van der Waals surface area contributed by atoms with E-state index < -0.39 is 0 Å². The van der Waals surface area contributed by atoms with Crippen LogP contribution in [0.15, 0.2) is 47.6 Å². The van der Waals surface area contributed by atoms with Crippen molar-refractivity contribution in [1.82, 2.24) is 15.6 Å². The number of hydrogen-bond donors (Lipinski definition) is 3. The van der Waals surface area contributed by atoms with Crippen molar-refractivity contribution in [2.24, 2.45) is 4.99 Å². The zero-order chi connectivity index (χ0) is 19.5. The number of amides is 1. The molecule has 2 aromatic rings. The number of carbonyl (C=O) groups excluding carboxylic acids is 1. The second kappa shape index (κ2) is 13.3. The van der Waals surface area contributed by atoms with Crippen LogP contribution in [-0.2, 0) is 11.2 Å². The van der Waals surface area contributed by atoms with Gasteiger partial charge < -0.3 is 16.0 Å². The lowest BCUT2D eigenvalue weighted by atomic mass is 10.1. The van der Waals surface area contributed by atoms with Gasteiger partial charge in [0.25, 0.3) is 0 Å². The molecule has 6 nitrogen and oxygen atoms in total. The molecule has 0 atom stereocenters. The van der Waals surface area contributed by atoms with Crippen LogP contribution >= 0.6 is 35.6 Å². The molecule has 1 aromatic carbocycles. The number of pyridine rings is 1. The van der Waals surface area contributed by atoms with Gasteiger partial charge in [0.15, 0.2) is 5.96 Å². The normalized spacial score (nSPS) is 10.8. The monoisotopic (exact) mass is 515 g/mol. The second-order valence-corrected chi connectivity index (χ2v) is 6.52. The van der Waals surface area contributed by atoms with Crippen molar-refractivity contribution in [1.29, 1.82) is 0 Å². The van der Waals surface area contributed by atoms with E-state index in [2.05, 4.69) is 25.9 Å². The molecule has 0 saturated carbocycles. The maximum Gasteiger partial charge on any atom is 0.227 e. The number of hydrogen-bond acceptors (Lipinski definition) is 3. The van der Waals surface area contributed by atoms with Gasteiger partial charge in [-0.3, -0.25) is 9.79 Å². The Morgan fingerprint density at radius 1 is 1.14 bits per heavy atom.